The van der Waals surface area contributed by atoms with E-state index in [-0.39, 0.29) is 13.2 Å². The Bertz CT molecular complexity index is 320. The van der Waals surface area contributed by atoms with Crippen molar-refractivity contribution in [3.05, 3.63) is 29.8 Å². The van der Waals surface area contributed by atoms with Crippen LogP contribution in [0.15, 0.2) is 24.3 Å². The molecule has 0 aliphatic rings. The maximum absolute atomic E-state index is 11.0. The molecule has 0 amide bonds. The van der Waals surface area contributed by atoms with Gasteiger partial charge in [0.25, 0.3) is 0 Å². The van der Waals surface area contributed by atoms with Crippen molar-refractivity contribution in [2.75, 3.05) is 13.2 Å². The molecule has 0 spiro atoms. The van der Waals surface area contributed by atoms with Crippen LogP contribution in [-0.2, 0) is 21.0 Å². The highest BCUT2D eigenvalue weighted by molar-refractivity contribution is 5.71. The summed E-state index contributed by atoms with van der Waals surface area (Å²) in [6.45, 7) is 2.10. The van der Waals surface area contributed by atoms with Crippen molar-refractivity contribution >= 4 is 5.97 Å². The summed E-state index contributed by atoms with van der Waals surface area (Å²) in [5.74, 6) is 0.167. The highest BCUT2D eigenvalue weighted by atomic mass is 17.1. The zero-order chi connectivity index (χ0) is 11.8. The van der Waals surface area contributed by atoms with Crippen molar-refractivity contribution in [1.82, 2.24) is 0 Å². The van der Waals surface area contributed by atoms with Gasteiger partial charge >= 0.3 is 5.97 Å². The van der Waals surface area contributed by atoms with Crippen LogP contribution in [0.4, 0.5) is 0 Å². The molecule has 1 N–H and O–H groups in total. The Labute approximate surface area is 93.5 Å². The van der Waals surface area contributed by atoms with Gasteiger partial charge in [-0.1, -0.05) is 12.1 Å². The van der Waals surface area contributed by atoms with Crippen LogP contribution in [0.25, 0.3) is 0 Å². The Kier molecular flexibility index (Phi) is 5.31. The highest BCUT2D eigenvalue weighted by Gasteiger charge is 2.02. The zero-order valence-electron chi connectivity index (χ0n) is 9.01. The molecule has 0 fully saturated rings. The van der Waals surface area contributed by atoms with Crippen molar-refractivity contribution in [2.24, 2.45) is 0 Å². The lowest BCUT2D eigenvalue weighted by Gasteiger charge is -2.06. The maximum atomic E-state index is 11.0. The maximum Gasteiger partial charge on any atom is 0.344 e. The third kappa shape index (κ3) is 4.29. The molecule has 0 saturated carbocycles. The van der Waals surface area contributed by atoms with Crippen LogP contribution in [0.5, 0.6) is 5.75 Å². The minimum absolute atomic E-state index is 0.107. The Hall–Kier alpha value is -1.59. The molecular formula is C11H14O5. The fraction of sp³-hybridized carbons (Fsp3) is 0.364. The minimum atomic E-state index is -0.398. The SMILES string of the molecule is CCOC(=O)COc1ccc(COO)cc1. The van der Waals surface area contributed by atoms with Crippen LogP contribution in [0.1, 0.15) is 12.5 Å². The molecule has 1 aromatic rings. The van der Waals surface area contributed by atoms with Crippen LogP contribution < -0.4 is 4.74 Å². The van der Waals surface area contributed by atoms with Gasteiger partial charge in [-0.05, 0) is 24.6 Å². The third-order valence-electron chi connectivity index (χ3n) is 1.82. The molecule has 0 atom stereocenters. The number of carbonyl (C=O) groups excluding carboxylic acids is 1. The summed E-state index contributed by atoms with van der Waals surface area (Å²) in [4.78, 5) is 15.0. The largest absolute Gasteiger partial charge is 0.482 e. The van der Waals surface area contributed by atoms with Gasteiger partial charge in [-0.25, -0.2) is 9.68 Å². The number of esters is 1. The van der Waals surface area contributed by atoms with E-state index < -0.39 is 5.97 Å². The van der Waals surface area contributed by atoms with Gasteiger partial charge in [-0.3, -0.25) is 5.26 Å². The smallest absolute Gasteiger partial charge is 0.344 e. The first-order valence-corrected chi connectivity index (χ1v) is 4.90. The van der Waals surface area contributed by atoms with E-state index in [9.17, 15) is 4.79 Å². The average molecular weight is 226 g/mol. The standard InChI is InChI=1S/C11H14O5/c1-2-14-11(12)8-15-10-5-3-9(4-6-10)7-16-13/h3-6,13H,2,7-8H2,1H3. The van der Waals surface area contributed by atoms with Gasteiger partial charge in [-0.15, -0.1) is 0 Å². The predicted molar refractivity (Wildman–Crippen MR) is 56.0 cm³/mol. The van der Waals surface area contributed by atoms with Gasteiger partial charge < -0.3 is 9.47 Å². The number of benzene rings is 1. The molecule has 0 radical (unpaired) electrons. The number of carbonyl (C=O) groups is 1. The normalized spacial score (nSPS) is 9.88. The van der Waals surface area contributed by atoms with Gasteiger partial charge in [0.2, 0.25) is 0 Å². The monoisotopic (exact) mass is 226 g/mol. The molecular weight excluding hydrogens is 212 g/mol. The van der Waals surface area contributed by atoms with Crippen molar-refractivity contribution in [2.45, 2.75) is 13.5 Å². The average Bonchev–Trinajstić information content (AvgIpc) is 2.29. The van der Waals surface area contributed by atoms with E-state index in [0.29, 0.717) is 12.4 Å². The fourth-order valence-electron chi connectivity index (χ4n) is 1.10. The molecule has 1 rings (SSSR count). The summed E-state index contributed by atoms with van der Waals surface area (Å²) in [6, 6.07) is 6.84. The quantitative estimate of drug-likeness (QED) is 0.453. The second-order valence-electron chi connectivity index (χ2n) is 3.01. The molecule has 1 aromatic carbocycles. The van der Waals surface area contributed by atoms with Gasteiger partial charge in [0, 0.05) is 0 Å². The number of ether oxygens (including phenoxy) is 2. The topological polar surface area (TPSA) is 65.0 Å². The fourth-order valence-corrected chi connectivity index (χ4v) is 1.10. The summed E-state index contributed by atoms with van der Waals surface area (Å²) in [5.41, 5.74) is 0.811. The molecule has 0 heterocycles. The van der Waals surface area contributed by atoms with Crippen molar-refractivity contribution in [1.29, 1.82) is 0 Å². The lowest BCUT2D eigenvalue weighted by Crippen LogP contribution is -2.14. The summed E-state index contributed by atoms with van der Waals surface area (Å²) < 4.78 is 9.88. The van der Waals surface area contributed by atoms with E-state index in [1.807, 2.05) is 0 Å². The van der Waals surface area contributed by atoms with Gasteiger partial charge in [-0.2, -0.15) is 0 Å². The van der Waals surface area contributed by atoms with E-state index in [1.165, 1.54) is 0 Å². The molecule has 0 unspecified atom stereocenters. The van der Waals surface area contributed by atoms with E-state index >= 15 is 0 Å². The molecule has 0 aliphatic carbocycles. The first-order chi connectivity index (χ1) is 7.76. The molecule has 0 bridgehead atoms. The van der Waals surface area contributed by atoms with E-state index in [2.05, 4.69) is 4.89 Å². The first-order valence-electron chi connectivity index (χ1n) is 4.90. The Morgan fingerprint density at radius 1 is 1.31 bits per heavy atom. The van der Waals surface area contributed by atoms with Crippen LogP contribution in [0.3, 0.4) is 0 Å². The van der Waals surface area contributed by atoms with E-state index in [0.717, 1.165) is 5.56 Å². The first kappa shape index (κ1) is 12.5. The lowest BCUT2D eigenvalue weighted by atomic mass is 10.2. The van der Waals surface area contributed by atoms with Crippen LogP contribution in [-0.4, -0.2) is 24.4 Å². The van der Waals surface area contributed by atoms with Gasteiger partial charge in [0.15, 0.2) is 6.61 Å². The van der Waals surface area contributed by atoms with E-state index in [1.54, 1.807) is 31.2 Å². The molecule has 16 heavy (non-hydrogen) atoms. The van der Waals surface area contributed by atoms with Crippen molar-refractivity contribution < 1.29 is 24.4 Å². The molecule has 0 aromatic heterocycles. The molecule has 5 heteroatoms. The van der Waals surface area contributed by atoms with Gasteiger partial charge in [0.1, 0.15) is 12.4 Å². The third-order valence-corrected chi connectivity index (χ3v) is 1.82. The summed E-state index contributed by atoms with van der Waals surface area (Å²) in [7, 11) is 0. The molecule has 5 nitrogen and oxygen atoms in total. The number of hydrogen-bond acceptors (Lipinski definition) is 5. The van der Waals surface area contributed by atoms with Crippen molar-refractivity contribution in [3.8, 4) is 5.75 Å². The molecule has 88 valence electrons. The second kappa shape index (κ2) is 6.81. The molecule has 0 aliphatic heterocycles. The van der Waals surface area contributed by atoms with Crippen molar-refractivity contribution in [3.63, 3.8) is 0 Å². The number of hydrogen-bond donors (Lipinski definition) is 1. The Morgan fingerprint density at radius 2 is 2.00 bits per heavy atom. The second-order valence-corrected chi connectivity index (χ2v) is 3.01. The van der Waals surface area contributed by atoms with E-state index in [4.69, 9.17) is 14.7 Å². The van der Waals surface area contributed by atoms with Gasteiger partial charge in [0.05, 0.1) is 6.61 Å². The lowest BCUT2D eigenvalue weighted by molar-refractivity contribution is -0.253. The summed E-state index contributed by atoms with van der Waals surface area (Å²) >= 11 is 0. The van der Waals surface area contributed by atoms with Crippen LogP contribution in [0, 0.1) is 0 Å². The summed E-state index contributed by atoms with van der Waals surface area (Å²) in [6.07, 6.45) is 0. The highest BCUT2D eigenvalue weighted by Crippen LogP contribution is 2.12. The minimum Gasteiger partial charge on any atom is -0.482 e. The Balaban J connectivity index is 2.40. The molecule has 0 saturated heterocycles. The zero-order valence-corrected chi connectivity index (χ0v) is 9.01. The number of rotatable bonds is 6. The predicted octanol–water partition coefficient (Wildman–Crippen LogP) is 1.62. The van der Waals surface area contributed by atoms with Crippen LogP contribution >= 0.6 is 0 Å². The Morgan fingerprint density at radius 3 is 2.56 bits per heavy atom. The summed E-state index contributed by atoms with van der Waals surface area (Å²) in [5, 5.41) is 8.23. The van der Waals surface area contributed by atoms with Crippen LogP contribution in [0.2, 0.25) is 0 Å².